The Kier molecular flexibility index (Phi) is 6.15. The minimum Gasteiger partial charge on any atom is -0.462 e. The van der Waals surface area contributed by atoms with Gasteiger partial charge in [0.25, 0.3) is 0 Å². The van der Waals surface area contributed by atoms with Gasteiger partial charge in [0.05, 0.1) is 12.3 Å². The lowest BCUT2D eigenvalue weighted by atomic mass is 10.2. The van der Waals surface area contributed by atoms with Gasteiger partial charge >= 0.3 is 12.0 Å². The SMILES string of the molecule is CCOC(=O)c1cnc(Nc2nc3ccccc3o2)nc1CSc1ccc(Cl)cc1. The molecule has 4 aromatic rings. The number of hydrogen-bond donors (Lipinski definition) is 1. The predicted molar refractivity (Wildman–Crippen MR) is 116 cm³/mol. The summed E-state index contributed by atoms with van der Waals surface area (Å²) in [7, 11) is 0. The third kappa shape index (κ3) is 4.72. The van der Waals surface area contributed by atoms with Gasteiger partial charge in [-0.15, -0.1) is 11.8 Å². The summed E-state index contributed by atoms with van der Waals surface area (Å²) in [6.45, 7) is 2.02. The zero-order chi connectivity index (χ0) is 20.9. The number of aromatic nitrogens is 3. The van der Waals surface area contributed by atoms with E-state index >= 15 is 0 Å². The highest BCUT2D eigenvalue weighted by molar-refractivity contribution is 7.98. The summed E-state index contributed by atoms with van der Waals surface area (Å²) in [5, 5.41) is 3.62. The van der Waals surface area contributed by atoms with Crippen LogP contribution < -0.4 is 5.32 Å². The van der Waals surface area contributed by atoms with Gasteiger partial charge in [-0.05, 0) is 43.3 Å². The minimum atomic E-state index is -0.461. The van der Waals surface area contributed by atoms with E-state index in [0.29, 0.717) is 27.6 Å². The Balaban J connectivity index is 1.59. The maximum Gasteiger partial charge on any atom is 0.341 e. The standard InChI is InChI=1S/C21H17ClN4O3S/c1-2-28-19(27)15-11-23-20(26-21-25-16-5-3-4-6-18(16)29-21)24-17(15)12-30-14-9-7-13(22)8-10-14/h3-11H,2,12H2,1H3,(H,23,24,25,26). The van der Waals surface area contributed by atoms with E-state index in [2.05, 4.69) is 20.3 Å². The predicted octanol–water partition coefficient (Wildman–Crippen LogP) is 5.48. The van der Waals surface area contributed by atoms with Crippen molar-refractivity contribution in [2.45, 2.75) is 17.6 Å². The van der Waals surface area contributed by atoms with E-state index in [0.717, 1.165) is 10.4 Å². The molecular weight excluding hydrogens is 424 g/mol. The number of fused-ring (bicyclic) bond motifs is 1. The number of halogens is 1. The normalized spacial score (nSPS) is 10.9. The summed E-state index contributed by atoms with van der Waals surface area (Å²) >= 11 is 7.47. The third-order valence-corrected chi connectivity index (χ3v) is 5.34. The molecule has 1 N–H and O–H groups in total. The van der Waals surface area contributed by atoms with Gasteiger partial charge < -0.3 is 9.15 Å². The largest absolute Gasteiger partial charge is 0.462 e. The smallest absolute Gasteiger partial charge is 0.341 e. The van der Waals surface area contributed by atoms with Crippen LogP contribution >= 0.6 is 23.4 Å². The van der Waals surface area contributed by atoms with Gasteiger partial charge in [-0.25, -0.2) is 14.8 Å². The first-order valence-electron chi connectivity index (χ1n) is 9.16. The first-order valence-corrected chi connectivity index (χ1v) is 10.5. The van der Waals surface area contributed by atoms with Crippen molar-refractivity contribution in [3.8, 4) is 0 Å². The van der Waals surface area contributed by atoms with Gasteiger partial charge in [-0.1, -0.05) is 23.7 Å². The Morgan fingerprint density at radius 1 is 1.17 bits per heavy atom. The second-order valence-corrected chi connectivity index (χ2v) is 7.61. The molecule has 0 saturated heterocycles. The molecule has 2 aromatic heterocycles. The maximum absolute atomic E-state index is 12.3. The monoisotopic (exact) mass is 440 g/mol. The summed E-state index contributed by atoms with van der Waals surface area (Å²) in [5.74, 6) is 0.263. The van der Waals surface area contributed by atoms with Crippen LogP contribution in [-0.4, -0.2) is 27.5 Å². The molecule has 4 rings (SSSR count). The highest BCUT2D eigenvalue weighted by Crippen LogP contribution is 2.26. The molecule has 0 atom stereocenters. The molecule has 2 heterocycles. The van der Waals surface area contributed by atoms with Crippen molar-refractivity contribution in [1.82, 2.24) is 15.0 Å². The van der Waals surface area contributed by atoms with Crippen molar-refractivity contribution >= 4 is 52.4 Å². The van der Waals surface area contributed by atoms with Crippen molar-refractivity contribution in [3.05, 3.63) is 71.0 Å². The fourth-order valence-corrected chi connectivity index (χ4v) is 3.65. The molecule has 0 bridgehead atoms. The number of carbonyl (C=O) groups excluding carboxylic acids is 1. The first-order chi connectivity index (χ1) is 14.6. The number of nitrogens with zero attached hydrogens (tertiary/aromatic N) is 3. The number of ether oxygens (including phenoxy) is 1. The molecule has 0 radical (unpaired) electrons. The molecule has 0 unspecified atom stereocenters. The number of thioether (sulfide) groups is 1. The number of para-hydroxylation sites is 2. The molecule has 0 amide bonds. The second kappa shape index (κ2) is 9.15. The van der Waals surface area contributed by atoms with Crippen LogP contribution in [0.2, 0.25) is 5.02 Å². The third-order valence-electron chi connectivity index (χ3n) is 4.06. The molecule has 0 spiro atoms. The van der Waals surface area contributed by atoms with E-state index in [9.17, 15) is 4.79 Å². The fraction of sp³-hybridized carbons (Fsp3) is 0.143. The van der Waals surface area contributed by atoms with Crippen LogP contribution in [-0.2, 0) is 10.5 Å². The van der Waals surface area contributed by atoms with Gasteiger partial charge in [-0.3, -0.25) is 5.32 Å². The van der Waals surface area contributed by atoms with Crippen molar-refractivity contribution < 1.29 is 13.9 Å². The minimum absolute atomic E-state index is 0.269. The lowest BCUT2D eigenvalue weighted by Gasteiger charge is -2.09. The zero-order valence-corrected chi connectivity index (χ0v) is 17.5. The van der Waals surface area contributed by atoms with Gasteiger partial charge in [0, 0.05) is 21.9 Å². The van der Waals surface area contributed by atoms with E-state index in [1.807, 2.05) is 48.5 Å². The van der Waals surface area contributed by atoms with E-state index in [1.54, 1.807) is 6.92 Å². The van der Waals surface area contributed by atoms with Crippen LogP contribution in [0.3, 0.4) is 0 Å². The highest BCUT2D eigenvalue weighted by Gasteiger charge is 2.17. The van der Waals surface area contributed by atoms with Crippen LogP contribution in [0.4, 0.5) is 12.0 Å². The lowest BCUT2D eigenvalue weighted by Crippen LogP contribution is -2.11. The Hall–Kier alpha value is -3.10. The van der Waals surface area contributed by atoms with Crippen LogP contribution in [0.15, 0.2) is 64.0 Å². The van der Waals surface area contributed by atoms with Gasteiger partial charge in [0.1, 0.15) is 11.1 Å². The summed E-state index contributed by atoms with van der Waals surface area (Å²) < 4.78 is 10.8. The average molecular weight is 441 g/mol. The Morgan fingerprint density at radius 3 is 2.73 bits per heavy atom. The summed E-state index contributed by atoms with van der Waals surface area (Å²) in [6.07, 6.45) is 1.45. The van der Waals surface area contributed by atoms with Crippen LogP contribution in [0.5, 0.6) is 0 Å². The van der Waals surface area contributed by atoms with E-state index < -0.39 is 5.97 Å². The number of esters is 1. The number of oxazole rings is 1. The Bertz CT molecular complexity index is 1150. The second-order valence-electron chi connectivity index (χ2n) is 6.13. The van der Waals surface area contributed by atoms with Gasteiger partial charge in [0.2, 0.25) is 5.95 Å². The molecule has 0 aliphatic rings. The van der Waals surface area contributed by atoms with E-state index in [-0.39, 0.29) is 18.6 Å². The molecule has 0 saturated carbocycles. The van der Waals surface area contributed by atoms with Gasteiger partial charge in [-0.2, -0.15) is 4.98 Å². The fourth-order valence-electron chi connectivity index (χ4n) is 2.67. The Morgan fingerprint density at radius 2 is 1.97 bits per heavy atom. The first kappa shape index (κ1) is 20.2. The van der Waals surface area contributed by atoms with E-state index in [1.165, 1.54) is 18.0 Å². The molecule has 0 fully saturated rings. The summed E-state index contributed by atoms with van der Waals surface area (Å²) in [4.78, 5) is 26.4. The molecule has 0 aliphatic carbocycles. The average Bonchev–Trinajstić information content (AvgIpc) is 3.16. The van der Waals surface area contributed by atoms with Crippen LogP contribution in [0.25, 0.3) is 11.1 Å². The molecule has 9 heteroatoms. The van der Waals surface area contributed by atoms with Gasteiger partial charge in [0.15, 0.2) is 5.58 Å². The number of benzene rings is 2. The summed E-state index contributed by atoms with van der Waals surface area (Å²) in [6, 6.07) is 15.2. The molecule has 7 nitrogen and oxygen atoms in total. The van der Waals surface area contributed by atoms with Crippen molar-refractivity contribution in [3.63, 3.8) is 0 Å². The number of nitrogens with one attached hydrogen (secondary N) is 1. The number of hydrogen-bond acceptors (Lipinski definition) is 8. The number of rotatable bonds is 7. The molecular formula is C21H17ClN4O3S. The quantitative estimate of drug-likeness (QED) is 0.298. The summed E-state index contributed by atoms with van der Waals surface area (Å²) in [5.41, 5.74) is 2.24. The number of carbonyl (C=O) groups is 1. The highest BCUT2D eigenvalue weighted by atomic mass is 35.5. The van der Waals surface area contributed by atoms with Crippen molar-refractivity contribution in [2.75, 3.05) is 11.9 Å². The van der Waals surface area contributed by atoms with Crippen molar-refractivity contribution in [2.24, 2.45) is 0 Å². The Labute approximate surface area is 181 Å². The zero-order valence-electron chi connectivity index (χ0n) is 16.0. The maximum atomic E-state index is 12.3. The molecule has 2 aromatic carbocycles. The molecule has 152 valence electrons. The lowest BCUT2D eigenvalue weighted by molar-refractivity contribution is 0.0524. The number of anilines is 2. The van der Waals surface area contributed by atoms with Crippen molar-refractivity contribution in [1.29, 1.82) is 0 Å². The topological polar surface area (TPSA) is 90.1 Å². The van der Waals surface area contributed by atoms with Crippen LogP contribution in [0, 0.1) is 0 Å². The molecule has 30 heavy (non-hydrogen) atoms. The molecule has 0 aliphatic heterocycles. The van der Waals surface area contributed by atoms with E-state index in [4.69, 9.17) is 20.8 Å². The van der Waals surface area contributed by atoms with Crippen LogP contribution in [0.1, 0.15) is 23.0 Å².